The first kappa shape index (κ1) is 24.3. The first-order valence-electron chi connectivity index (χ1n) is 12.0. The summed E-state index contributed by atoms with van der Waals surface area (Å²) >= 11 is 0. The summed E-state index contributed by atoms with van der Waals surface area (Å²) < 4.78 is 10.8. The topological polar surface area (TPSA) is 105 Å². The first-order valence-corrected chi connectivity index (χ1v) is 12.0. The molecule has 1 aromatic carbocycles. The predicted octanol–water partition coefficient (Wildman–Crippen LogP) is 4.44. The molecule has 4 rings (SSSR count). The van der Waals surface area contributed by atoms with E-state index in [0.29, 0.717) is 11.4 Å². The van der Waals surface area contributed by atoms with E-state index in [4.69, 9.17) is 8.83 Å². The number of nitrogens with zero attached hydrogens (tertiary/aromatic N) is 1. The number of furan rings is 2. The second-order valence-corrected chi connectivity index (χ2v) is 9.03. The van der Waals surface area contributed by atoms with Gasteiger partial charge < -0.3 is 19.5 Å². The van der Waals surface area contributed by atoms with Gasteiger partial charge in [0.05, 0.1) is 19.1 Å². The molecular formula is C27H31N3O5. The molecule has 1 unspecified atom stereocenters. The average Bonchev–Trinajstić information content (AvgIpc) is 3.55. The number of carbonyl (C=O) groups excluding carboxylic acids is 3. The molecule has 1 atom stereocenters. The fourth-order valence-corrected chi connectivity index (χ4v) is 4.61. The second kappa shape index (κ2) is 11.1. The molecule has 1 aliphatic carbocycles. The van der Waals surface area contributed by atoms with Gasteiger partial charge in [-0.05, 0) is 74.2 Å². The van der Waals surface area contributed by atoms with E-state index in [0.717, 1.165) is 43.2 Å². The van der Waals surface area contributed by atoms with Crippen molar-refractivity contribution < 1.29 is 23.2 Å². The third-order valence-corrected chi connectivity index (χ3v) is 6.17. The molecule has 8 heteroatoms. The van der Waals surface area contributed by atoms with Crippen LogP contribution in [0.25, 0.3) is 0 Å². The summed E-state index contributed by atoms with van der Waals surface area (Å²) in [7, 11) is 0. The van der Waals surface area contributed by atoms with Crippen molar-refractivity contribution >= 4 is 23.4 Å². The zero-order valence-corrected chi connectivity index (χ0v) is 20.1. The van der Waals surface area contributed by atoms with Crippen LogP contribution in [0.4, 0.5) is 5.69 Å². The number of carbonyl (C=O) groups is 3. The minimum absolute atomic E-state index is 0.0589. The number of amides is 3. The normalized spacial score (nSPS) is 14.8. The van der Waals surface area contributed by atoms with Gasteiger partial charge in [0.15, 0.2) is 11.8 Å². The van der Waals surface area contributed by atoms with Crippen LogP contribution in [0.15, 0.2) is 63.8 Å². The lowest BCUT2D eigenvalue weighted by molar-refractivity contribution is -0.127. The number of nitrogens with one attached hydrogen (secondary N) is 2. The third kappa shape index (κ3) is 6.01. The predicted molar refractivity (Wildman–Crippen MR) is 131 cm³/mol. The van der Waals surface area contributed by atoms with Crippen LogP contribution >= 0.6 is 0 Å². The van der Waals surface area contributed by atoms with Crippen LogP contribution in [0, 0.1) is 13.8 Å². The highest BCUT2D eigenvalue weighted by molar-refractivity contribution is 6.04. The van der Waals surface area contributed by atoms with Gasteiger partial charge in [0.1, 0.15) is 5.76 Å². The summed E-state index contributed by atoms with van der Waals surface area (Å²) in [4.78, 5) is 41.1. The summed E-state index contributed by atoms with van der Waals surface area (Å²) in [6.45, 7) is 3.55. The van der Waals surface area contributed by atoms with E-state index in [-0.39, 0.29) is 24.3 Å². The lowest BCUT2D eigenvalue weighted by Gasteiger charge is -2.32. The third-order valence-electron chi connectivity index (χ3n) is 6.17. The molecular weight excluding hydrogens is 446 g/mol. The highest BCUT2D eigenvalue weighted by atomic mass is 16.3. The summed E-state index contributed by atoms with van der Waals surface area (Å²) in [5.41, 5.74) is 2.45. The molecule has 35 heavy (non-hydrogen) atoms. The monoisotopic (exact) mass is 477 g/mol. The first-order chi connectivity index (χ1) is 16.9. The Kier molecular flexibility index (Phi) is 7.70. The van der Waals surface area contributed by atoms with Crippen LogP contribution in [0.2, 0.25) is 0 Å². The summed E-state index contributed by atoms with van der Waals surface area (Å²) in [6.07, 6.45) is 7.99. The number of hydrogen-bond acceptors (Lipinski definition) is 5. The number of anilines is 1. The van der Waals surface area contributed by atoms with Crippen LogP contribution in [-0.2, 0) is 9.59 Å². The Morgan fingerprint density at radius 3 is 2.29 bits per heavy atom. The van der Waals surface area contributed by atoms with Gasteiger partial charge in [-0.15, -0.1) is 0 Å². The molecule has 0 saturated heterocycles. The summed E-state index contributed by atoms with van der Waals surface area (Å²) in [5, 5.41) is 5.73. The van der Waals surface area contributed by atoms with Crippen LogP contribution in [-0.4, -0.2) is 30.3 Å². The van der Waals surface area contributed by atoms with E-state index in [1.807, 2.05) is 32.0 Å². The van der Waals surface area contributed by atoms with Gasteiger partial charge in [-0.2, -0.15) is 0 Å². The van der Waals surface area contributed by atoms with Crippen molar-refractivity contribution in [1.82, 2.24) is 10.6 Å². The molecule has 1 saturated carbocycles. The Morgan fingerprint density at radius 1 is 0.971 bits per heavy atom. The molecule has 2 aromatic heterocycles. The maximum absolute atomic E-state index is 13.7. The highest BCUT2D eigenvalue weighted by Gasteiger charge is 2.36. The lowest BCUT2D eigenvalue weighted by Crippen LogP contribution is -2.49. The van der Waals surface area contributed by atoms with Gasteiger partial charge in [-0.25, -0.2) is 0 Å². The fraction of sp³-hybridized carbons (Fsp3) is 0.370. The van der Waals surface area contributed by atoms with E-state index in [1.165, 1.54) is 23.5 Å². The van der Waals surface area contributed by atoms with Crippen molar-refractivity contribution in [2.75, 3.05) is 11.4 Å². The van der Waals surface area contributed by atoms with Crippen molar-refractivity contribution in [2.24, 2.45) is 0 Å². The Labute approximate surface area is 204 Å². The Balaban J connectivity index is 1.66. The van der Waals surface area contributed by atoms with E-state index in [1.54, 1.807) is 18.2 Å². The van der Waals surface area contributed by atoms with E-state index in [2.05, 4.69) is 10.6 Å². The Morgan fingerprint density at radius 2 is 1.66 bits per heavy atom. The quantitative estimate of drug-likeness (QED) is 0.499. The van der Waals surface area contributed by atoms with Crippen LogP contribution in [0.5, 0.6) is 0 Å². The van der Waals surface area contributed by atoms with Gasteiger partial charge in [0.2, 0.25) is 5.91 Å². The molecule has 3 amide bonds. The van der Waals surface area contributed by atoms with Gasteiger partial charge >= 0.3 is 0 Å². The zero-order chi connectivity index (χ0) is 24.8. The largest absolute Gasteiger partial charge is 0.467 e. The van der Waals surface area contributed by atoms with Crippen LogP contribution in [0.3, 0.4) is 0 Å². The molecule has 0 spiro atoms. The highest BCUT2D eigenvalue weighted by Crippen LogP contribution is 2.31. The van der Waals surface area contributed by atoms with E-state index >= 15 is 0 Å². The number of aryl methyl sites for hydroxylation is 2. The summed E-state index contributed by atoms with van der Waals surface area (Å²) in [6, 6.07) is 11.2. The minimum atomic E-state index is -1.03. The molecule has 184 valence electrons. The molecule has 8 nitrogen and oxygen atoms in total. The standard InChI is InChI=1S/C27H31N3O5/c1-18-14-19(2)16-21(15-18)30(24(31)17-28-26(32)23-11-7-13-35-23)25(22-10-6-12-34-22)27(33)29-20-8-4-3-5-9-20/h6-7,10-16,20,25H,3-5,8-9,17H2,1-2H3,(H,28,32)(H,29,33). The van der Waals surface area contributed by atoms with Crippen LogP contribution < -0.4 is 15.5 Å². The average molecular weight is 478 g/mol. The summed E-state index contributed by atoms with van der Waals surface area (Å²) in [5.74, 6) is -0.812. The van der Waals surface area contributed by atoms with Crippen molar-refractivity contribution in [3.8, 4) is 0 Å². The van der Waals surface area contributed by atoms with Crippen LogP contribution in [0.1, 0.15) is 65.6 Å². The Hall–Kier alpha value is -3.81. The van der Waals surface area contributed by atoms with Gasteiger partial charge in [-0.3, -0.25) is 19.3 Å². The fourth-order valence-electron chi connectivity index (χ4n) is 4.61. The van der Waals surface area contributed by atoms with Crippen molar-refractivity contribution in [1.29, 1.82) is 0 Å². The SMILES string of the molecule is Cc1cc(C)cc(N(C(=O)CNC(=O)c2ccco2)C(C(=O)NC2CCCCC2)c2ccco2)c1. The van der Waals surface area contributed by atoms with Crippen molar-refractivity contribution in [3.05, 3.63) is 77.6 Å². The maximum atomic E-state index is 13.7. The molecule has 1 aliphatic rings. The molecule has 1 fully saturated rings. The molecule has 3 aromatic rings. The minimum Gasteiger partial charge on any atom is -0.467 e. The molecule has 0 radical (unpaired) electrons. The van der Waals surface area contributed by atoms with Gasteiger partial charge in [0.25, 0.3) is 11.8 Å². The van der Waals surface area contributed by atoms with E-state index in [9.17, 15) is 14.4 Å². The zero-order valence-electron chi connectivity index (χ0n) is 20.1. The maximum Gasteiger partial charge on any atom is 0.287 e. The molecule has 2 N–H and O–H groups in total. The van der Waals surface area contributed by atoms with Gasteiger partial charge in [0, 0.05) is 11.7 Å². The van der Waals surface area contributed by atoms with E-state index < -0.39 is 17.9 Å². The number of benzene rings is 1. The lowest BCUT2D eigenvalue weighted by atomic mass is 9.95. The second-order valence-electron chi connectivity index (χ2n) is 9.03. The number of hydrogen-bond donors (Lipinski definition) is 2. The molecule has 2 heterocycles. The smallest absolute Gasteiger partial charge is 0.287 e. The number of rotatable bonds is 8. The Bertz CT molecular complexity index is 1130. The van der Waals surface area contributed by atoms with Crippen molar-refractivity contribution in [3.63, 3.8) is 0 Å². The van der Waals surface area contributed by atoms with Crippen molar-refractivity contribution in [2.45, 2.75) is 58.0 Å². The van der Waals surface area contributed by atoms with Gasteiger partial charge in [-0.1, -0.05) is 25.3 Å². The molecule has 0 aliphatic heterocycles. The molecule has 0 bridgehead atoms.